The maximum absolute atomic E-state index is 12.8. The van der Waals surface area contributed by atoms with Gasteiger partial charge in [0, 0.05) is 12.1 Å². The Labute approximate surface area is 175 Å². The molecule has 0 N–H and O–H groups in total. The number of thiocarbonyl (C=S) groups is 1. The number of carbonyl (C=O) groups is 1. The Kier molecular flexibility index (Phi) is 5.05. The second-order valence-corrected chi connectivity index (χ2v) is 10.5. The molecule has 29 heavy (non-hydrogen) atoms. The maximum atomic E-state index is 12.8. The molecule has 2 aromatic rings. The van der Waals surface area contributed by atoms with Crippen molar-refractivity contribution in [3.05, 3.63) is 57.2 Å². The van der Waals surface area contributed by atoms with Gasteiger partial charge >= 0.3 is 0 Å². The molecule has 2 aliphatic heterocycles. The van der Waals surface area contributed by atoms with Crippen LogP contribution in [0.25, 0.3) is 17.4 Å². The summed E-state index contributed by atoms with van der Waals surface area (Å²) in [6.45, 7) is 0. The Hall–Kier alpha value is -2.50. The highest BCUT2D eigenvalue weighted by molar-refractivity contribution is 8.26. The van der Waals surface area contributed by atoms with Crippen LogP contribution in [0.3, 0.4) is 0 Å². The molecule has 1 aromatic carbocycles. The Morgan fingerprint density at radius 2 is 2.03 bits per heavy atom. The van der Waals surface area contributed by atoms with Crippen LogP contribution < -0.4 is 0 Å². The van der Waals surface area contributed by atoms with Crippen molar-refractivity contribution in [3.63, 3.8) is 0 Å². The number of carbonyl (C=O) groups excluding carboxylic acids is 1. The first-order valence-corrected chi connectivity index (χ1v) is 11.6. The van der Waals surface area contributed by atoms with E-state index in [0.717, 1.165) is 11.8 Å². The average Bonchev–Trinajstić information content (AvgIpc) is 3.34. The van der Waals surface area contributed by atoms with E-state index in [9.17, 15) is 23.3 Å². The first-order chi connectivity index (χ1) is 13.7. The molecule has 0 bridgehead atoms. The van der Waals surface area contributed by atoms with Crippen LogP contribution in [0.15, 0.2) is 45.7 Å². The fourth-order valence-corrected chi connectivity index (χ4v) is 6.40. The number of thioether (sulfide) groups is 1. The maximum Gasteiger partial charge on any atom is 0.280 e. The molecule has 1 unspecified atom stereocenters. The van der Waals surface area contributed by atoms with Crippen molar-refractivity contribution in [2.75, 3.05) is 11.5 Å². The van der Waals surface area contributed by atoms with Gasteiger partial charge in [0.2, 0.25) is 0 Å². The van der Waals surface area contributed by atoms with Crippen LogP contribution in [-0.4, -0.2) is 46.0 Å². The van der Waals surface area contributed by atoms with E-state index in [1.54, 1.807) is 30.3 Å². The molecule has 0 radical (unpaired) electrons. The average molecular weight is 451 g/mol. The molecule has 3 heterocycles. The molecule has 2 fully saturated rings. The summed E-state index contributed by atoms with van der Waals surface area (Å²) in [4.78, 5) is 25.2. The molecule has 0 saturated carbocycles. The molecular formula is C18H14N2O6S3. The minimum absolute atomic E-state index is 0.0468. The fourth-order valence-electron chi connectivity index (χ4n) is 3.32. The molecule has 2 saturated heterocycles. The molecule has 1 amide bonds. The lowest BCUT2D eigenvalue weighted by Crippen LogP contribution is -2.39. The van der Waals surface area contributed by atoms with Gasteiger partial charge in [0.1, 0.15) is 15.8 Å². The van der Waals surface area contributed by atoms with E-state index in [2.05, 4.69) is 0 Å². The number of nitrogens with zero attached hydrogens (tertiary/aromatic N) is 2. The van der Waals surface area contributed by atoms with Gasteiger partial charge < -0.3 is 4.42 Å². The topological polar surface area (TPSA) is 111 Å². The third-order valence-electron chi connectivity index (χ3n) is 4.66. The molecule has 1 atom stereocenters. The molecule has 1 aromatic heterocycles. The van der Waals surface area contributed by atoms with Crippen LogP contribution in [0.1, 0.15) is 12.2 Å². The SMILES string of the molecule is O=C1/C(=C\c2ccc(-c3ccccc3[N+](=O)[O-])o2)SC(=S)N1C1CCS(=O)(=O)C1. The van der Waals surface area contributed by atoms with Crippen molar-refractivity contribution in [1.29, 1.82) is 0 Å². The fraction of sp³-hybridized carbons (Fsp3) is 0.222. The van der Waals surface area contributed by atoms with E-state index in [4.69, 9.17) is 16.6 Å². The van der Waals surface area contributed by atoms with E-state index < -0.39 is 20.8 Å². The molecule has 0 spiro atoms. The number of furan rings is 1. The van der Waals surface area contributed by atoms with Crippen LogP contribution in [-0.2, 0) is 14.6 Å². The zero-order chi connectivity index (χ0) is 20.8. The Balaban J connectivity index is 1.59. The number of amides is 1. The zero-order valence-electron chi connectivity index (χ0n) is 14.8. The van der Waals surface area contributed by atoms with Gasteiger partial charge in [-0.1, -0.05) is 36.1 Å². The van der Waals surface area contributed by atoms with Crippen molar-refractivity contribution in [2.45, 2.75) is 12.5 Å². The number of nitro groups is 1. The van der Waals surface area contributed by atoms with Crippen molar-refractivity contribution in [3.8, 4) is 11.3 Å². The molecule has 150 valence electrons. The summed E-state index contributed by atoms with van der Waals surface area (Å²) in [7, 11) is -3.15. The lowest BCUT2D eigenvalue weighted by molar-refractivity contribution is -0.384. The minimum atomic E-state index is -3.15. The lowest BCUT2D eigenvalue weighted by atomic mass is 10.1. The normalized spacial score (nSPS) is 22.6. The smallest absolute Gasteiger partial charge is 0.280 e. The molecule has 11 heteroatoms. The van der Waals surface area contributed by atoms with Crippen molar-refractivity contribution in [2.24, 2.45) is 0 Å². The first kappa shape index (κ1) is 19.8. The van der Waals surface area contributed by atoms with Crippen LogP contribution in [0.5, 0.6) is 0 Å². The van der Waals surface area contributed by atoms with E-state index in [0.29, 0.717) is 32.7 Å². The van der Waals surface area contributed by atoms with Crippen LogP contribution in [0.4, 0.5) is 5.69 Å². The summed E-state index contributed by atoms with van der Waals surface area (Å²) in [5.41, 5.74) is 0.253. The predicted octanol–water partition coefficient (Wildman–Crippen LogP) is 3.24. The van der Waals surface area contributed by atoms with Crippen LogP contribution >= 0.6 is 24.0 Å². The van der Waals surface area contributed by atoms with E-state index in [-0.39, 0.29) is 23.1 Å². The number of sulfone groups is 1. The minimum Gasteiger partial charge on any atom is -0.456 e. The number of hydrogen-bond acceptors (Lipinski definition) is 8. The number of para-hydroxylation sites is 1. The van der Waals surface area contributed by atoms with E-state index in [1.807, 2.05) is 0 Å². The molecule has 8 nitrogen and oxygen atoms in total. The van der Waals surface area contributed by atoms with Crippen molar-refractivity contribution >= 4 is 55.8 Å². The van der Waals surface area contributed by atoms with Gasteiger partial charge in [0.25, 0.3) is 11.6 Å². The monoisotopic (exact) mass is 450 g/mol. The quantitative estimate of drug-likeness (QED) is 0.302. The van der Waals surface area contributed by atoms with Gasteiger partial charge in [-0.15, -0.1) is 0 Å². The van der Waals surface area contributed by atoms with E-state index in [1.165, 1.54) is 17.0 Å². The second-order valence-electron chi connectivity index (χ2n) is 6.58. The zero-order valence-corrected chi connectivity index (χ0v) is 17.3. The van der Waals surface area contributed by atoms with E-state index >= 15 is 0 Å². The van der Waals surface area contributed by atoms with Gasteiger partial charge in [-0.05, 0) is 24.6 Å². The highest BCUT2D eigenvalue weighted by Crippen LogP contribution is 2.37. The molecule has 0 aliphatic carbocycles. The van der Waals surface area contributed by atoms with Crippen molar-refractivity contribution < 1.29 is 22.6 Å². The Bertz CT molecular complexity index is 1170. The standard InChI is InChI=1S/C18H14N2O6S3/c21-17-16(28-18(27)19(17)11-7-8-29(24,25)10-11)9-12-5-6-15(26-12)13-3-1-2-4-14(13)20(22)23/h1-6,9,11H,7-8,10H2/b16-9+. The van der Waals surface area contributed by atoms with Crippen LogP contribution in [0, 0.1) is 10.1 Å². The summed E-state index contributed by atoms with van der Waals surface area (Å²) in [5.74, 6) is 0.254. The van der Waals surface area contributed by atoms with Gasteiger partial charge in [-0.2, -0.15) is 0 Å². The summed E-state index contributed by atoms with van der Waals surface area (Å²) in [5, 5.41) is 11.2. The summed E-state index contributed by atoms with van der Waals surface area (Å²) in [6, 6.07) is 8.97. The second kappa shape index (κ2) is 7.39. The summed E-state index contributed by atoms with van der Waals surface area (Å²) in [6.07, 6.45) is 1.88. The summed E-state index contributed by atoms with van der Waals surface area (Å²) < 4.78 is 29.5. The first-order valence-electron chi connectivity index (χ1n) is 8.56. The highest BCUT2D eigenvalue weighted by atomic mass is 32.2. The Morgan fingerprint density at radius 1 is 1.28 bits per heavy atom. The summed E-state index contributed by atoms with van der Waals surface area (Å²) >= 11 is 6.36. The molecule has 2 aliphatic rings. The third kappa shape index (κ3) is 3.85. The molecular weight excluding hydrogens is 436 g/mol. The molecule has 4 rings (SSSR count). The number of nitro benzene ring substituents is 1. The number of hydrogen-bond donors (Lipinski definition) is 0. The largest absolute Gasteiger partial charge is 0.456 e. The van der Waals surface area contributed by atoms with Gasteiger partial charge in [-0.3, -0.25) is 19.8 Å². The van der Waals surface area contributed by atoms with Gasteiger partial charge in [0.05, 0.1) is 32.9 Å². The lowest BCUT2D eigenvalue weighted by Gasteiger charge is -2.20. The van der Waals surface area contributed by atoms with Gasteiger partial charge in [-0.25, -0.2) is 8.42 Å². The number of rotatable bonds is 4. The van der Waals surface area contributed by atoms with Crippen molar-refractivity contribution in [1.82, 2.24) is 4.90 Å². The Morgan fingerprint density at radius 3 is 2.72 bits per heavy atom. The third-order valence-corrected chi connectivity index (χ3v) is 7.74. The predicted molar refractivity (Wildman–Crippen MR) is 113 cm³/mol. The number of benzene rings is 1. The van der Waals surface area contributed by atoms with Gasteiger partial charge in [0.15, 0.2) is 9.84 Å². The highest BCUT2D eigenvalue weighted by Gasteiger charge is 2.42. The van der Waals surface area contributed by atoms with Crippen LogP contribution in [0.2, 0.25) is 0 Å².